The first-order chi connectivity index (χ1) is 10.00. The number of rotatable bonds is 6. The summed E-state index contributed by atoms with van der Waals surface area (Å²) in [5.74, 6) is -0.108. The van der Waals surface area contributed by atoms with Gasteiger partial charge in [0.05, 0.1) is 5.75 Å². The first-order valence-electron chi connectivity index (χ1n) is 6.35. The lowest BCUT2D eigenvalue weighted by molar-refractivity contribution is 0.104. The Morgan fingerprint density at radius 2 is 1.95 bits per heavy atom. The molecular formula is C15H15NO3S2. The molecule has 0 amide bonds. The number of carbonyl (C=O) groups excluding carboxylic acids is 1. The van der Waals surface area contributed by atoms with Crippen molar-refractivity contribution in [2.24, 2.45) is 0 Å². The minimum Gasteiger partial charge on any atom is -0.289 e. The molecule has 6 heteroatoms. The Bertz CT molecular complexity index is 730. The molecule has 4 nitrogen and oxygen atoms in total. The van der Waals surface area contributed by atoms with Gasteiger partial charge in [-0.15, -0.1) is 0 Å². The van der Waals surface area contributed by atoms with Gasteiger partial charge in [0.25, 0.3) is 0 Å². The molecule has 0 aliphatic rings. The van der Waals surface area contributed by atoms with Crippen molar-refractivity contribution >= 4 is 38.9 Å². The molecule has 2 rings (SSSR count). The van der Waals surface area contributed by atoms with E-state index in [-0.39, 0.29) is 11.5 Å². The van der Waals surface area contributed by atoms with E-state index in [1.807, 2.05) is 16.8 Å². The maximum absolute atomic E-state index is 12.0. The topological polar surface area (TPSA) is 63.2 Å². The highest BCUT2D eigenvalue weighted by Gasteiger charge is 2.07. The summed E-state index contributed by atoms with van der Waals surface area (Å²) in [6.45, 7) is 1.56. The predicted octanol–water partition coefficient (Wildman–Crippen LogP) is 3.41. The molecule has 110 valence electrons. The molecule has 0 saturated carbocycles. The zero-order valence-electron chi connectivity index (χ0n) is 11.4. The van der Waals surface area contributed by atoms with E-state index in [0.29, 0.717) is 11.3 Å². The average Bonchev–Trinajstić information content (AvgIpc) is 2.98. The van der Waals surface area contributed by atoms with Gasteiger partial charge in [0.2, 0.25) is 10.0 Å². The van der Waals surface area contributed by atoms with E-state index in [9.17, 15) is 13.2 Å². The maximum Gasteiger partial charge on any atom is 0.232 e. The summed E-state index contributed by atoms with van der Waals surface area (Å²) in [4.78, 5) is 12.0. The quantitative estimate of drug-likeness (QED) is 0.655. The van der Waals surface area contributed by atoms with Gasteiger partial charge >= 0.3 is 0 Å². The molecule has 1 aromatic carbocycles. The largest absolute Gasteiger partial charge is 0.289 e. The van der Waals surface area contributed by atoms with Crippen LogP contribution in [-0.2, 0) is 10.0 Å². The predicted molar refractivity (Wildman–Crippen MR) is 87.2 cm³/mol. The second-order valence-electron chi connectivity index (χ2n) is 4.34. The van der Waals surface area contributed by atoms with Crippen molar-refractivity contribution in [3.63, 3.8) is 0 Å². The molecule has 0 atom stereocenters. The molecule has 1 N–H and O–H groups in total. The number of nitrogens with one attached hydrogen (secondary N) is 1. The molecule has 0 spiro atoms. The van der Waals surface area contributed by atoms with E-state index in [4.69, 9.17) is 0 Å². The standard InChI is InChI=1S/C15H15NO3S2/c1-2-21(18,19)16-14-6-4-13(5-7-14)15(17)8-3-12-9-10-20-11-12/h3-11,16H,2H2,1H3. The summed E-state index contributed by atoms with van der Waals surface area (Å²) in [5, 5.41) is 3.89. The number of anilines is 1. The summed E-state index contributed by atoms with van der Waals surface area (Å²) in [7, 11) is -3.29. The minimum atomic E-state index is -3.29. The molecule has 0 aliphatic carbocycles. The summed E-state index contributed by atoms with van der Waals surface area (Å²) in [6.07, 6.45) is 3.26. The Balaban J connectivity index is 2.06. The van der Waals surface area contributed by atoms with E-state index in [0.717, 1.165) is 5.56 Å². The van der Waals surface area contributed by atoms with Crippen LogP contribution in [0.1, 0.15) is 22.8 Å². The monoisotopic (exact) mass is 321 g/mol. The van der Waals surface area contributed by atoms with Crippen molar-refractivity contribution < 1.29 is 13.2 Å². The summed E-state index contributed by atoms with van der Waals surface area (Å²) in [5.41, 5.74) is 1.96. The number of sulfonamides is 1. The van der Waals surface area contributed by atoms with E-state index in [1.54, 1.807) is 48.6 Å². The van der Waals surface area contributed by atoms with Crippen molar-refractivity contribution in [1.29, 1.82) is 0 Å². The fraction of sp³-hybridized carbons (Fsp3) is 0.133. The highest BCUT2D eigenvalue weighted by molar-refractivity contribution is 7.92. The van der Waals surface area contributed by atoms with Gasteiger partial charge in [0.1, 0.15) is 0 Å². The van der Waals surface area contributed by atoms with Crippen LogP contribution < -0.4 is 4.72 Å². The second kappa shape index (κ2) is 6.69. The van der Waals surface area contributed by atoms with Crippen LogP contribution in [0.15, 0.2) is 47.2 Å². The number of benzene rings is 1. The fourth-order valence-corrected chi connectivity index (χ4v) is 2.86. The Morgan fingerprint density at radius 1 is 1.24 bits per heavy atom. The first-order valence-corrected chi connectivity index (χ1v) is 8.95. The molecular weight excluding hydrogens is 306 g/mol. The Hall–Kier alpha value is -1.92. The van der Waals surface area contributed by atoms with Crippen LogP contribution in [-0.4, -0.2) is 20.0 Å². The molecule has 0 bridgehead atoms. The van der Waals surface area contributed by atoms with Gasteiger partial charge in [-0.2, -0.15) is 11.3 Å². The van der Waals surface area contributed by atoms with Crippen molar-refractivity contribution in [3.8, 4) is 0 Å². The number of hydrogen-bond acceptors (Lipinski definition) is 4. The SMILES string of the molecule is CCS(=O)(=O)Nc1ccc(C(=O)C=Cc2ccsc2)cc1. The third-order valence-corrected chi connectivity index (χ3v) is 4.80. The molecule has 0 fully saturated rings. The van der Waals surface area contributed by atoms with Crippen LogP contribution in [0.2, 0.25) is 0 Å². The van der Waals surface area contributed by atoms with Crippen LogP contribution in [0, 0.1) is 0 Å². The molecule has 0 unspecified atom stereocenters. The number of ketones is 1. The van der Waals surface area contributed by atoms with Crippen molar-refractivity contribution in [2.75, 3.05) is 10.5 Å². The second-order valence-corrected chi connectivity index (χ2v) is 7.13. The Labute approximate surface area is 128 Å². The molecule has 0 aliphatic heterocycles. The number of thiophene rings is 1. The van der Waals surface area contributed by atoms with E-state index >= 15 is 0 Å². The lowest BCUT2D eigenvalue weighted by atomic mass is 10.1. The number of allylic oxidation sites excluding steroid dienone is 1. The highest BCUT2D eigenvalue weighted by Crippen LogP contribution is 2.13. The lowest BCUT2D eigenvalue weighted by Crippen LogP contribution is -2.14. The van der Waals surface area contributed by atoms with Crippen molar-refractivity contribution in [1.82, 2.24) is 0 Å². The van der Waals surface area contributed by atoms with Gasteiger partial charge in [-0.1, -0.05) is 6.08 Å². The molecule has 1 aromatic heterocycles. The lowest BCUT2D eigenvalue weighted by Gasteiger charge is -2.06. The molecule has 21 heavy (non-hydrogen) atoms. The highest BCUT2D eigenvalue weighted by atomic mass is 32.2. The zero-order valence-corrected chi connectivity index (χ0v) is 13.1. The van der Waals surface area contributed by atoms with Crippen molar-refractivity contribution in [2.45, 2.75) is 6.92 Å². The van der Waals surface area contributed by atoms with Crippen LogP contribution in [0.3, 0.4) is 0 Å². The normalized spacial score (nSPS) is 11.7. The van der Waals surface area contributed by atoms with Gasteiger partial charge in [0.15, 0.2) is 5.78 Å². The fourth-order valence-electron chi connectivity index (χ4n) is 1.59. The van der Waals surface area contributed by atoms with E-state index in [2.05, 4.69) is 4.72 Å². The number of hydrogen-bond donors (Lipinski definition) is 1. The Morgan fingerprint density at radius 3 is 2.52 bits per heavy atom. The molecule has 1 heterocycles. The van der Waals surface area contributed by atoms with Crippen LogP contribution in [0.25, 0.3) is 6.08 Å². The summed E-state index contributed by atoms with van der Waals surface area (Å²) < 4.78 is 25.3. The van der Waals surface area contributed by atoms with Gasteiger partial charge in [-0.25, -0.2) is 8.42 Å². The Kier molecular flexibility index (Phi) is 4.93. The smallest absolute Gasteiger partial charge is 0.232 e. The van der Waals surface area contributed by atoms with Gasteiger partial charge < -0.3 is 0 Å². The van der Waals surface area contributed by atoms with Crippen LogP contribution in [0.4, 0.5) is 5.69 Å². The average molecular weight is 321 g/mol. The molecule has 2 aromatic rings. The van der Waals surface area contributed by atoms with Crippen LogP contribution >= 0.6 is 11.3 Å². The first kappa shape index (κ1) is 15.5. The van der Waals surface area contributed by atoms with Crippen LogP contribution in [0.5, 0.6) is 0 Å². The van der Waals surface area contributed by atoms with Gasteiger partial charge in [-0.05, 0) is 59.7 Å². The third-order valence-electron chi connectivity index (χ3n) is 2.79. The minimum absolute atomic E-state index is 0.0110. The van der Waals surface area contributed by atoms with Gasteiger partial charge in [0, 0.05) is 11.3 Å². The maximum atomic E-state index is 12.0. The third kappa shape index (κ3) is 4.54. The zero-order chi connectivity index (χ0) is 15.3. The van der Waals surface area contributed by atoms with Crippen molar-refractivity contribution in [3.05, 3.63) is 58.3 Å². The summed E-state index contributed by atoms with van der Waals surface area (Å²) in [6, 6.07) is 8.30. The summed E-state index contributed by atoms with van der Waals surface area (Å²) >= 11 is 1.57. The number of carbonyl (C=O) groups is 1. The van der Waals surface area contributed by atoms with Gasteiger partial charge in [-0.3, -0.25) is 9.52 Å². The molecule has 0 radical (unpaired) electrons. The van der Waals surface area contributed by atoms with E-state index in [1.165, 1.54) is 6.08 Å². The van der Waals surface area contributed by atoms with E-state index < -0.39 is 10.0 Å². The molecule has 0 saturated heterocycles.